The lowest BCUT2D eigenvalue weighted by molar-refractivity contribution is -0.130. The van der Waals surface area contributed by atoms with E-state index in [0.29, 0.717) is 32.8 Å². The molecule has 1 aromatic rings. The smallest absolute Gasteiger partial charge is 0.266 e. The summed E-state index contributed by atoms with van der Waals surface area (Å²) in [4.78, 5) is 13.8. The predicted molar refractivity (Wildman–Crippen MR) is 84.0 cm³/mol. The van der Waals surface area contributed by atoms with Crippen LogP contribution in [0.2, 0.25) is 0 Å². The van der Waals surface area contributed by atoms with Crippen molar-refractivity contribution in [2.24, 2.45) is 0 Å². The largest absolute Gasteiger partial charge is 0.389 e. The second-order valence-corrected chi connectivity index (χ2v) is 5.26. The topological polar surface area (TPSA) is 65.4 Å². The van der Waals surface area contributed by atoms with Crippen LogP contribution in [0.25, 0.3) is 0 Å². The van der Waals surface area contributed by atoms with Gasteiger partial charge in [0.05, 0.1) is 13.2 Å². The lowest BCUT2D eigenvalue weighted by Gasteiger charge is -2.26. The van der Waals surface area contributed by atoms with E-state index < -0.39 is 0 Å². The Hall–Kier alpha value is -2.32. The van der Waals surface area contributed by atoms with Crippen LogP contribution in [0, 0.1) is 18.3 Å². The zero-order valence-corrected chi connectivity index (χ0v) is 12.8. The number of carbonyl (C=O) groups is 1. The van der Waals surface area contributed by atoms with Gasteiger partial charge in [-0.15, -0.1) is 0 Å². The Bertz CT molecular complexity index is 567. The summed E-state index contributed by atoms with van der Waals surface area (Å²) in [5, 5.41) is 12.2. The van der Waals surface area contributed by atoms with Crippen molar-refractivity contribution >= 4 is 5.91 Å². The summed E-state index contributed by atoms with van der Waals surface area (Å²) >= 11 is 0. The molecule has 0 atom stereocenters. The van der Waals surface area contributed by atoms with Gasteiger partial charge in [0.2, 0.25) is 0 Å². The Kier molecular flexibility index (Phi) is 5.99. The van der Waals surface area contributed by atoms with Gasteiger partial charge in [0.15, 0.2) is 0 Å². The van der Waals surface area contributed by atoms with Crippen molar-refractivity contribution < 1.29 is 9.53 Å². The van der Waals surface area contributed by atoms with Gasteiger partial charge in [0.1, 0.15) is 11.6 Å². The number of hydrogen-bond donors (Lipinski definition) is 1. The van der Waals surface area contributed by atoms with Crippen molar-refractivity contribution in [1.29, 1.82) is 5.26 Å². The SMILES string of the molecule is Cc1ccc(CCN/C=C(/C#N)C(=O)N2CCOCC2)cc1. The van der Waals surface area contributed by atoms with Crippen molar-refractivity contribution in [1.82, 2.24) is 10.2 Å². The molecular weight excluding hydrogens is 278 g/mol. The number of amides is 1. The van der Waals surface area contributed by atoms with Crippen LogP contribution < -0.4 is 5.32 Å². The van der Waals surface area contributed by atoms with Crippen molar-refractivity contribution in [2.45, 2.75) is 13.3 Å². The first-order valence-corrected chi connectivity index (χ1v) is 7.47. The van der Waals surface area contributed by atoms with Crippen LogP contribution in [0.5, 0.6) is 0 Å². The quantitative estimate of drug-likeness (QED) is 0.507. The molecule has 1 N–H and O–H groups in total. The Labute approximate surface area is 131 Å². The minimum absolute atomic E-state index is 0.144. The third kappa shape index (κ3) is 4.61. The van der Waals surface area contributed by atoms with Crippen LogP contribution in [-0.4, -0.2) is 43.7 Å². The number of hydrogen-bond acceptors (Lipinski definition) is 4. The molecule has 1 heterocycles. The summed E-state index contributed by atoms with van der Waals surface area (Å²) in [6.07, 6.45) is 2.37. The minimum Gasteiger partial charge on any atom is -0.389 e. The van der Waals surface area contributed by atoms with Gasteiger partial charge < -0.3 is 15.0 Å². The molecule has 0 spiro atoms. The van der Waals surface area contributed by atoms with Gasteiger partial charge in [-0.25, -0.2) is 0 Å². The van der Waals surface area contributed by atoms with Crippen molar-refractivity contribution in [3.05, 3.63) is 47.2 Å². The molecule has 1 fully saturated rings. The Morgan fingerprint density at radius 2 is 2.05 bits per heavy atom. The normalized spacial score (nSPS) is 15.3. The van der Waals surface area contributed by atoms with Crippen LogP contribution in [0.3, 0.4) is 0 Å². The van der Waals surface area contributed by atoms with Crippen LogP contribution in [0.4, 0.5) is 0 Å². The van der Waals surface area contributed by atoms with E-state index in [-0.39, 0.29) is 11.5 Å². The molecular formula is C17H21N3O2. The fourth-order valence-electron chi connectivity index (χ4n) is 2.22. The van der Waals surface area contributed by atoms with E-state index in [4.69, 9.17) is 10.00 Å². The predicted octanol–water partition coefficient (Wildman–Crippen LogP) is 1.39. The fraction of sp³-hybridized carbons (Fsp3) is 0.412. The highest BCUT2D eigenvalue weighted by Crippen LogP contribution is 2.05. The van der Waals surface area contributed by atoms with Gasteiger partial charge in [0, 0.05) is 25.8 Å². The van der Waals surface area contributed by atoms with Crippen molar-refractivity contribution in [2.75, 3.05) is 32.8 Å². The third-order valence-corrected chi connectivity index (χ3v) is 3.57. The highest BCUT2D eigenvalue weighted by molar-refractivity contribution is 5.97. The highest BCUT2D eigenvalue weighted by Gasteiger charge is 2.20. The molecule has 2 rings (SSSR count). The van der Waals surface area contributed by atoms with Crippen LogP contribution in [-0.2, 0) is 16.0 Å². The standard InChI is InChI=1S/C17H21N3O2/c1-14-2-4-15(5-3-14)6-7-19-13-16(12-18)17(21)20-8-10-22-11-9-20/h2-5,13,19H,6-11H2,1H3/b16-13-. The molecule has 22 heavy (non-hydrogen) atoms. The molecule has 0 saturated carbocycles. The van der Waals surface area contributed by atoms with Crippen LogP contribution >= 0.6 is 0 Å². The van der Waals surface area contributed by atoms with E-state index in [2.05, 4.69) is 36.5 Å². The van der Waals surface area contributed by atoms with E-state index >= 15 is 0 Å². The molecule has 0 aromatic heterocycles. The minimum atomic E-state index is -0.228. The molecule has 0 bridgehead atoms. The van der Waals surface area contributed by atoms with Gasteiger partial charge in [0.25, 0.3) is 5.91 Å². The Morgan fingerprint density at radius 1 is 1.36 bits per heavy atom. The number of nitriles is 1. The first kappa shape index (κ1) is 16.1. The number of nitrogens with one attached hydrogen (secondary N) is 1. The molecule has 0 aliphatic carbocycles. The fourth-order valence-corrected chi connectivity index (χ4v) is 2.22. The van der Waals surface area contributed by atoms with Crippen molar-refractivity contribution in [3.63, 3.8) is 0 Å². The van der Waals surface area contributed by atoms with Gasteiger partial charge in [-0.1, -0.05) is 29.8 Å². The van der Waals surface area contributed by atoms with Gasteiger partial charge >= 0.3 is 0 Å². The molecule has 1 amide bonds. The molecule has 5 heteroatoms. The summed E-state index contributed by atoms with van der Waals surface area (Å²) in [6.45, 7) is 4.89. The zero-order valence-electron chi connectivity index (χ0n) is 12.8. The second kappa shape index (κ2) is 8.20. The monoisotopic (exact) mass is 299 g/mol. The average molecular weight is 299 g/mol. The summed E-state index contributed by atoms with van der Waals surface area (Å²) < 4.78 is 5.21. The van der Waals surface area contributed by atoms with Crippen molar-refractivity contribution in [3.8, 4) is 6.07 Å². The number of ether oxygens (including phenoxy) is 1. The lowest BCUT2D eigenvalue weighted by Crippen LogP contribution is -2.41. The second-order valence-electron chi connectivity index (χ2n) is 5.26. The molecule has 5 nitrogen and oxygen atoms in total. The molecule has 0 unspecified atom stereocenters. The molecule has 116 valence electrons. The van der Waals surface area contributed by atoms with E-state index in [1.807, 2.05) is 6.07 Å². The highest BCUT2D eigenvalue weighted by atomic mass is 16.5. The number of aryl methyl sites for hydroxylation is 1. The van der Waals surface area contributed by atoms with E-state index in [0.717, 1.165) is 6.42 Å². The molecule has 1 aromatic carbocycles. The molecule has 0 radical (unpaired) electrons. The molecule has 1 aliphatic heterocycles. The Balaban J connectivity index is 1.83. The summed E-state index contributed by atoms with van der Waals surface area (Å²) in [6, 6.07) is 10.3. The maximum absolute atomic E-state index is 12.2. The van der Waals surface area contributed by atoms with Gasteiger partial charge in [-0.05, 0) is 18.9 Å². The maximum atomic E-state index is 12.2. The van der Waals surface area contributed by atoms with E-state index in [1.54, 1.807) is 4.90 Å². The summed E-state index contributed by atoms with van der Waals surface area (Å²) in [7, 11) is 0. The van der Waals surface area contributed by atoms with E-state index in [1.165, 1.54) is 17.3 Å². The van der Waals surface area contributed by atoms with E-state index in [9.17, 15) is 4.79 Å². The Morgan fingerprint density at radius 3 is 2.68 bits per heavy atom. The molecule has 1 saturated heterocycles. The first-order valence-electron chi connectivity index (χ1n) is 7.47. The van der Waals surface area contributed by atoms with Crippen LogP contribution in [0.15, 0.2) is 36.0 Å². The van der Waals surface area contributed by atoms with Gasteiger partial charge in [-0.2, -0.15) is 5.26 Å². The summed E-state index contributed by atoms with van der Waals surface area (Å²) in [5.74, 6) is -0.228. The number of nitrogens with zero attached hydrogens (tertiary/aromatic N) is 2. The third-order valence-electron chi connectivity index (χ3n) is 3.57. The number of rotatable bonds is 5. The maximum Gasteiger partial charge on any atom is 0.266 e. The first-order chi connectivity index (χ1) is 10.7. The van der Waals surface area contributed by atoms with Gasteiger partial charge in [-0.3, -0.25) is 4.79 Å². The zero-order chi connectivity index (χ0) is 15.8. The number of morpholine rings is 1. The summed E-state index contributed by atoms with van der Waals surface area (Å²) in [5.41, 5.74) is 2.61. The number of benzene rings is 1. The lowest BCUT2D eigenvalue weighted by atomic mass is 10.1. The molecule has 1 aliphatic rings. The van der Waals surface area contributed by atoms with Crippen LogP contribution in [0.1, 0.15) is 11.1 Å². The number of carbonyl (C=O) groups excluding carboxylic acids is 1. The average Bonchev–Trinajstić information content (AvgIpc) is 2.57.